The molecule has 3 rings (SSSR count). The number of nitrogens with zero attached hydrogens (tertiary/aromatic N) is 3. The fourth-order valence-corrected chi connectivity index (χ4v) is 2.03. The zero-order chi connectivity index (χ0) is 13.9. The number of benzene rings is 1. The Morgan fingerprint density at radius 1 is 1.00 bits per heavy atom. The molecule has 0 unspecified atom stereocenters. The minimum atomic E-state index is 0.294. The number of aromatic nitrogens is 3. The highest BCUT2D eigenvalue weighted by Crippen LogP contribution is 2.19. The van der Waals surface area contributed by atoms with Crippen LogP contribution in [-0.4, -0.2) is 19.8 Å². The Bertz CT molecular complexity index is 732. The lowest BCUT2D eigenvalue weighted by Gasteiger charge is -2.02. The lowest BCUT2D eigenvalue weighted by molar-refractivity contribution is 0.873. The van der Waals surface area contributed by atoms with Crippen LogP contribution >= 0.6 is 12.2 Å². The second kappa shape index (κ2) is 5.22. The number of rotatable bonds is 3. The van der Waals surface area contributed by atoms with Crippen LogP contribution in [0.25, 0.3) is 16.8 Å². The summed E-state index contributed by atoms with van der Waals surface area (Å²) >= 11 is 4.88. The van der Waals surface area contributed by atoms with Gasteiger partial charge in [0.05, 0.1) is 23.8 Å². The van der Waals surface area contributed by atoms with Crippen molar-refractivity contribution in [2.24, 2.45) is 5.73 Å². The van der Waals surface area contributed by atoms with Crippen molar-refractivity contribution in [3.05, 3.63) is 66.7 Å². The van der Waals surface area contributed by atoms with Crippen LogP contribution in [0.15, 0.2) is 61.1 Å². The summed E-state index contributed by atoms with van der Waals surface area (Å²) < 4.78 is 1.78. The molecule has 0 fully saturated rings. The highest BCUT2D eigenvalue weighted by molar-refractivity contribution is 7.80. The van der Waals surface area contributed by atoms with Crippen molar-refractivity contribution in [2.75, 3.05) is 0 Å². The molecule has 0 radical (unpaired) electrons. The Morgan fingerprint density at radius 3 is 2.45 bits per heavy atom. The largest absolute Gasteiger partial charge is 0.388 e. The van der Waals surface area contributed by atoms with Gasteiger partial charge in [-0.15, -0.1) is 0 Å². The molecule has 20 heavy (non-hydrogen) atoms. The molecule has 2 N–H and O–H groups in total. The van der Waals surface area contributed by atoms with Gasteiger partial charge >= 0.3 is 0 Å². The van der Waals surface area contributed by atoms with Crippen molar-refractivity contribution < 1.29 is 0 Å². The molecule has 2 heterocycles. The summed E-state index contributed by atoms with van der Waals surface area (Å²) in [6, 6.07) is 13.8. The van der Waals surface area contributed by atoms with Gasteiger partial charge in [0.25, 0.3) is 0 Å². The van der Waals surface area contributed by atoms with Crippen molar-refractivity contribution >= 4 is 17.2 Å². The van der Waals surface area contributed by atoms with Crippen molar-refractivity contribution in [3.63, 3.8) is 0 Å². The third-order valence-electron chi connectivity index (χ3n) is 2.95. The summed E-state index contributed by atoms with van der Waals surface area (Å²) in [5.74, 6) is 0. The molecular weight excluding hydrogens is 268 g/mol. The SMILES string of the molecule is NC(=S)c1ccc(-n2cc(-c3ccccc3)cn2)cn1. The van der Waals surface area contributed by atoms with Crippen molar-refractivity contribution in [2.45, 2.75) is 0 Å². The second-order valence-electron chi connectivity index (χ2n) is 4.31. The summed E-state index contributed by atoms with van der Waals surface area (Å²) in [7, 11) is 0. The summed E-state index contributed by atoms with van der Waals surface area (Å²) in [6.45, 7) is 0. The van der Waals surface area contributed by atoms with Crippen molar-refractivity contribution in [1.82, 2.24) is 14.8 Å². The molecule has 98 valence electrons. The number of pyridine rings is 1. The predicted molar refractivity (Wildman–Crippen MR) is 82.7 cm³/mol. The molecule has 0 bridgehead atoms. The van der Waals surface area contributed by atoms with Crippen LogP contribution in [0, 0.1) is 0 Å². The van der Waals surface area contributed by atoms with Crippen LogP contribution in [-0.2, 0) is 0 Å². The van der Waals surface area contributed by atoms with E-state index in [-0.39, 0.29) is 0 Å². The minimum Gasteiger partial charge on any atom is -0.388 e. The molecular formula is C15H12N4S. The van der Waals surface area contributed by atoms with Crippen LogP contribution in [0.3, 0.4) is 0 Å². The highest BCUT2D eigenvalue weighted by Gasteiger charge is 2.04. The molecule has 0 atom stereocenters. The standard InChI is InChI=1S/C15H12N4S/c16-15(20)14-7-6-13(9-17-14)19-10-12(8-18-19)11-4-2-1-3-5-11/h1-10H,(H2,16,20). The zero-order valence-corrected chi connectivity index (χ0v) is 11.4. The summed E-state index contributed by atoms with van der Waals surface area (Å²) in [5, 5.41) is 4.35. The van der Waals surface area contributed by atoms with E-state index in [1.165, 1.54) is 0 Å². The molecule has 3 aromatic rings. The first-order valence-electron chi connectivity index (χ1n) is 6.10. The molecule has 1 aromatic carbocycles. The van der Waals surface area contributed by atoms with E-state index < -0.39 is 0 Å². The first-order chi connectivity index (χ1) is 9.74. The van der Waals surface area contributed by atoms with Gasteiger partial charge in [0.15, 0.2) is 0 Å². The molecule has 0 amide bonds. The maximum Gasteiger partial charge on any atom is 0.122 e. The number of hydrogen-bond acceptors (Lipinski definition) is 3. The van der Waals surface area contributed by atoms with E-state index in [1.807, 2.05) is 36.7 Å². The first-order valence-corrected chi connectivity index (χ1v) is 6.51. The van der Waals surface area contributed by atoms with E-state index in [4.69, 9.17) is 18.0 Å². The lowest BCUT2D eigenvalue weighted by Crippen LogP contribution is -2.11. The Balaban J connectivity index is 1.92. The van der Waals surface area contributed by atoms with Gasteiger partial charge in [-0.25, -0.2) is 4.68 Å². The molecule has 0 spiro atoms. The first kappa shape index (κ1) is 12.5. The fourth-order valence-electron chi connectivity index (χ4n) is 1.91. The van der Waals surface area contributed by atoms with Gasteiger partial charge < -0.3 is 5.73 Å². The van der Waals surface area contributed by atoms with Gasteiger partial charge in [0.1, 0.15) is 4.99 Å². The lowest BCUT2D eigenvalue weighted by atomic mass is 10.1. The Labute approximate surface area is 121 Å². The third kappa shape index (κ3) is 2.44. The maximum atomic E-state index is 5.53. The molecule has 0 aliphatic carbocycles. The van der Waals surface area contributed by atoms with E-state index in [1.54, 1.807) is 16.9 Å². The minimum absolute atomic E-state index is 0.294. The third-order valence-corrected chi connectivity index (χ3v) is 3.16. The zero-order valence-electron chi connectivity index (χ0n) is 10.6. The van der Waals surface area contributed by atoms with Gasteiger partial charge in [0.2, 0.25) is 0 Å². The van der Waals surface area contributed by atoms with Crippen LogP contribution in [0.5, 0.6) is 0 Å². The fraction of sp³-hybridized carbons (Fsp3) is 0. The molecule has 0 saturated heterocycles. The molecule has 4 nitrogen and oxygen atoms in total. The highest BCUT2D eigenvalue weighted by atomic mass is 32.1. The molecule has 0 aliphatic rings. The van der Waals surface area contributed by atoms with Gasteiger partial charge in [-0.1, -0.05) is 42.5 Å². The van der Waals surface area contributed by atoms with Crippen LogP contribution in [0.1, 0.15) is 5.69 Å². The molecule has 5 heteroatoms. The Kier molecular flexibility index (Phi) is 3.26. The van der Waals surface area contributed by atoms with E-state index in [0.29, 0.717) is 10.7 Å². The predicted octanol–water partition coefficient (Wildman–Crippen LogP) is 2.57. The molecule has 2 aromatic heterocycles. The van der Waals surface area contributed by atoms with E-state index in [2.05, 4.69) is 22.2 Å². The maximum absolute atomic E-state index is 5.53. The van der Waals surface area contributed by atoms with Crippen molar-refractivity contribution in [1.29, 1.82) is 0 Å². The smallest absolute Gasteiger partial charge is 0.122 e. The quantitative estimate of drug-likeness (QED) is 0.749. The van der Waals surface area contributed by atoms with Crippen LogP contribution in [0.4, 0.5) is 0 Å². The van der Waals surface area contributed by atoms with Gasteiger partial charge in [-0.05, 0) is 17.7 Å². The molecule has 0 saturated carbocycles. The average molecular weight is 280 g/mol. The van der Waals surface area contributed by atoms with Gasteiger partial charge in [-0.2, -0.15) is 5.10 Å². The normalized spacial score (nSPS) is 10.4. The summed E-state index contributed by atoms with van der Waals surface area (Å²) in [5.41, 5.74) is 9.20. The topological polar surface area (TPSA) is 56.7 Å². The van der Waals surface area contributed by atoms with Gasteiger partial charge in [-0.3, -0.25) is 4.98 Å². The van der Waals surface area contributed by atoms with Crippen molar-refractivity contribution in [3.8, 4) is 16.8 Å². The van der Waals surface area contributed by atoms with E-state index in [0.717, 1.165) is 16.8 Å². The molecule has 0 aliphatic heterocycles. The monoisotopic (exact) mass is 280 g/mol. The summed E-state index contributed by atoms with van der Waals surface area (Å²) in [6.07, 6.45) is 5.50. The average Bonchev–Trinajstić information content (AvgIpc) is 2.98. The summed E-state index contributed by atoms with van der Waals surface area (Å²) in [4.78, 5) is 4.50. The van der Waals surface area contributed by atoms with E-state index in [9.17, 15) is 0 Å². The van der Waals surface area contributed by atoms with Crippen LogP contribution in [0.2, 0.25) is 0 Å². The number of hydrogen-bond donors (Lipinski definition) is 1. The Morgan fingerprint density at radius 2 is 1.80 bits per heavy atom. The second-order valence-corrected chi connectivity index (χ2v) is 4.75. The number of nitrogens with two attached hydrogens (primary N) is 1. The van der Waals surface area contributed by atoms with Gasteiger partial charge in [0, 0.05) is 11.8 Å². The Hall–Kier alpha value is -2.53. The van der Waals surface area contributed by atoms with E-state index >= 15 is 0 Å². The van der Waals surface area contributed by atoms with Crippen LogP contribution < -0.4 is 5.73 Å². The number of thiocarbonyl (C=S) groups is 1.